The van der Waals surface area contributed by atoms with E-state index < -0.39 is 10.0 Å². The zero-order valence-electron chi connectivity index (χ0n) is 16.2. The lowest BCUT2D eigenvalue weighted by Crippen LogP contribution is -2.43. The number of aromatic nitrogens is 1. The molecule has 3 aromatic rings. The van der Waals surface area contributed by atoms with Crippen molar-refractivity contribution in [2.75, 3.05) is 11.9 Å². The first-order chi connectivity index (χ1) is 14.0. The van der Waals surface area contributed by atoms with Gasteiger partial charge in [0.15, 0.2) is 0 Å². The Kier molecular flexibility index (Phi) is 5.67. The van der Waals surface area contributed by atoms with Crippen LogP contribution in [0.25, 0.3) is 10.2 Å². The lowest BCUT2D eigenvalue weighted by atomic mass is 10.0. The second-order valence-electron chi connectivity index (χ2n) is 7.19. The Morgan fingerprint density at radius 2 is 2.00 bits per heavy atom. The van der Waals surface area contributed by atoms with E-state index >= 15 is 0 Å². The van der Waals surface area contributed by atoms with Crippen molar-refractivity contribution in [3.05, 3.63) is 53.5 Å². The highest BCUT2D eigenvalue weighted by atomic mass is 32.2. The fraction of sp³-hybridized carbons (Fsp3) is 0.333. The number of anilines is 1. The maximum atomic E-state index is 13.0. The van der Waals surface area contributed by atoms with E-state index in [1.54, 1.807) is 28.0 Å². The predicted octanol–water partition coefficient (Wildman–Crippen LogP) is 4.50. The van der Waals surface area contributed by atoms with Crippen molar-refractivity contribution < 1.29 is 13.2 Å². The SMILES string of the molecule is CCC1CCCCN1S(=O)(=O)c1ccc(C(=O)Nc2ccc3ncsc3c2)cc1. The Balaban J connectivity index is 1.51. The monoisotopic (exact) mass is 429 g/mol. The van der Waals surface area contributed by atoms with E-state index in [2.05, 4.69) is 10.3 Å². The van der Waals surface area contributed by atoms with Crippen molar-refractivity contribution in [3.63, 3.8) is 0 Å². The first kappa shape index (κ1) is 20.0. The molecule has 2 aromatic carbocycles. The molecule has 1 aliphatic heterocycles. The Hall–Kier alpha value is -2.29. The molecule has 1 fully saturated rings. The molecular weight excluding hydrogens is 406 g/mol. The molecule has 8 heteroatoms. The molecule has 29 heavy (non-hydrogen) atoms. The molecule has 1 aromatic heterocycles. The normalized spacial score (nSPS) is 18.0. The summed E-state index contributed by atoms with van der Waals surface area (Å²) in [5, 5.41) is 2.86. The van der Waals surface area contributed by atoms with Gasteiger partial charge in [0, 0.05) is 23.8 Å². The Bertz CT molecular complexity index is 1120. The van der Waals surface area contributed by atoms with Crippen LogP contribution in [0, 0.1) is 0 Å². The van der Waals surface area contributed by atoms with Crippen molar-refractivity contribution >= 4 is 43.2 Å². The maximum absolute atomic E-state index is 13.0. The van der Waals surface area contributed by atoms with E-state index in [0.29, 0.717) is 17.8 Å². The summed E-state index contributed by atoms with van der Waals surface area (Å²) in [6.45, 7) is 2.58. The second kappa shape index (κ2) is 8.22. The van der Waals surface area contributed by atoms with Crippen molar-refractivity contribution in [2.24, 2.45) is 0 Å². The summed E-state index contributed by atoms with van der Waals surface area (Å²) in [4.78, 5) is 17.0. The molecule has 4 rings (SSSR count). The van der Waals surface area contributed by atoms with E-state index in [4.69, 9.17) is 0 Å². The van der Waals surface area contributed by atoms with Gasteiger partial charge in [0.1, 0.15) is 0 Å². The van der Waals surface area contributed by atoms with E-state index in [-0.39, 0.29) is 16.8 Å². The van der Waals surface area contributed by atoms with Gasteiger partial charge in [-0.15, -0.1) is 11.3 Å². The molecule has 0 radical (unpaired) electrons. The van der Waals surface area contributed by atoms with Crippen LogP contribution >= 0.6 is 11.3 Å². The van der Waals surface area contributed by atoms with Gasteiger partial charge in [-0.2, -0.15) is 4.31 Å². The molecule has 1 atom stereocenters. The standard InChI is InChI=1S/C21H23N3O3S2/c1-2-17-5-3-4-12-24(17)29(26,27)18-9-6-15(7-10-18)21(25)23-16-8-11-19-20(13-16)28-14-22-19/h6-11,13-14,17H,2-5,12H2,1H3,(H,23,25). The van der Waals surface area contributed by atoms with Crippen molar-refractivity contribution in [1.82, 2.24) is 9.29 Å². The molecule has 0 bridgehead atoms. The lowest BCUT2D eigenvalue weighted by molar-refractivity contribution is 0.102. The summed E-state index contributed by atoms with van der Waals surface area (Å²) in [6.07, 6.45) is 3.67. The van der Waals surface area contributed by atoms with E-state index in [1.165, 1.54) is 23.5 Å². The van der Waals surface area contributed by atoms with Crippen LogP contribution in [-0.2, 0) is 10.0 Å². The van der Waals surface area contributed by atoms with Gasteiger partial charge in [-0.3, -0.25) is 4.79 Å². The first-order valence-corrected chi connectivity index (χ1v) is 12.1. The molecule has 0 spiro atoms. The largest absolute Gasteiger partial charge is 0.322 e. The third-order valence-corrected chi connectivity index (χ3v) is 8.11. The summed E-state index contributed by atoms with van der Waals surface area (Å²) in [6, 6.07) is 11.8. The van der Waals surface area contributed by atoms with Crippen molar-refractivity contribution in [1.29, 1.82) is 0 Å². The molecule has 1 aliphatic rings. The number of benzene rings is 2. The lowest BCUT2D eigenvalue weighted by Gasteiger charge is -2.34. The Labute approximate surface area is 174 Å². The average molecular weight is 430 g/mol. The minimum atomic E-state index is -3.55. The van der Waals surface area contributed by atoms with Gasteiger partial charge in [0.05, 0.1) is 20.6 Å². The number of fused-ring (bicyclic) bond motifs is 1. The summed E-state index contributed by atoms with van der Waals surface area (Å²) >= 11 is 1.51. The molecule has 152 valence electrons. The van der Waals surface area contributed by atoms with Crippen LogP contribution in [0.2, 0.25) is 0 Å². The predicted molar refractivity (Wildman–Crippen MR) is 116 cm³/mol. The zero-order chi connectivity index (χ0) is 20.4. The summed E-state index contributed by atoms with van der Waals surface area (Å²) < 4.78 is 28.7. The van der Waals surface area contributed by atoms with Crippen LogP contribution in [0.3, 0.4) is 0 Å². The number of carbonyl (C=O) groups is 1. The molecule has 1 amide bonds. The fourth-order valence-electron chi connectivity index (χ4n) is 3.75. The van der Waals surface area contributed by atoms with Gasteiger partial charge in [-0.25, -0.2) is 13.4 Å². The third kappa shape index (κ3) is 4.05. The molecule has 1 N–H and O–H groups in total. The molecule has 6 nitrogen and oxygen atoms in total. The van der Waals surface area contributed by atoms with Crippen molar-refractivity contribution in [2.45, 2.75) is 43.5 Å². The smallest absolute Gasteiger partial charge is 0.255 e. The number of nitrogens with one attached hydrogen (secondary N) is 1. The number of hydrogen-bond acceptors (Lipinski definition) is 5. The molecular formula is C21H23N3O3S2. The highest BCUT2D eigenvalue weighted by molar-refractivity contribution is 7.89. The van der Waals surface area contributed by atoms with Crippen LogP contribution in [0.4, 0.5) is 5.69 Å². The maximum Gasteiger partial charge on any atom is 0.255 e. The number of sulfonamides is 1. The van der Waals surface area contributed by atoms with Gasteiger partial charge in [0.2, 0.25) is 10.0 Å². The number of carbonyl (C=O) groups excluding carboxylic acids is 1. The molecule has 0 saturated carbocycles. The number of amides is 1. The summed E-state index contributed by atoms with van der Waals surface area (Å²) in [7, 11) is -3.55. The van der Waals surface area contributed by atoms with Crippen LogP contribution in [0.1, 0.15) is 43.0 Å². The first-order valence-electron chi connectivity index (χ1n) is 9.75. The quantitative estimate of drug-likeness (QED) is 0.648. The minimum Gasteiger partial charge on any atom is -0.322 e. The molecule has 1 unspecified atom stereocenters. The van der Waals surface area contributed by atoms with Gasteiger partial charge >= 0.3 is 0 Å². The second-order valence-corrected chi connectivity index (χ2v) is 9.96. The zero-order valence-corrected chi connectivity index (χ0v) is 17.8. The Morgan fingerprint density at radius 1 is 1.21 bits per heavy atom. The van der Waals surface area contributed by atoms with E-state index in [1.807, 2.05) is 19.1 Å². The third-order valence-electron chi connectivity index (χ3n) is 5.36. The topological polar surface area (TPSA) is 79.4 Å². The summed E-state index contributed by atoms with van der Waals surface area (Å²) in [5.41, 5.74) is 3.76. The van der Waals surface area contributed by atoms with Crippen LogP contribution in [0.15, 0.2) is 52.9 Å². The van der Waals surface area contributed by atoms with Gasteiger partial charge < -0.3 is 5.32 Å². The summed E-state index contributed by atoms with van der Waals surface area (Å²) in [5.74, 6) is -0.276. The van der Waals surface area contributed by atoms with Crippen LogP contribution < -0.4 is 5.32 Å². The minimum absolute atomic E-state index is 0.0541. The number of nitrogens with zero attached hydrogens (tertiary/aromatic N) is 2. The van der Waals surface area contributed by atoms with E-state index in [0.717, 1.165) is 35.9 Å². The molecule has 1 saturated heterocycles. The number of rotatable bonds is 5. The van der Waals surface area contributed by atoms with Crippen molar-refractivity contribution in [3.8, 4) is 0 Å². The number of thiazole rings is 1. The Morgan fingerprint density at radius 3 is 2.76 bits per heavy atom. The number of hydrogen-bond donors (Lipinski definition) is 1. The fourth-order valence-corrected chi connectivity index (χ4v) is 6.23. The highest BCUT2D eigenvalue weighted by Crippen LogP contribution is 2.27. The van der Waals surface area contributed by atoms with Crippen LogP contribution in [-0.4, -0.2) is 36.2 Å². The van der Waals surface area contributed by atoms with E-state index in [9.17, 15) is 13.2 Å². The highest BCUT2D eigenvalue weighted by Gasteiger charge is 2.32. The number of piperidine rings is 1. The molecule has 2 heterocycles. The average Bonchev–Trinajstić information content (AvgIpc) is 3.21. The van der Waals surface area contributed by atoms with Gasteiger partial charge in [-0.05, 0) is 61.7 Å². The van der Waals surface area contributed by atoms with Gasteiger partial charge in [-0.1, -0.05) is 13.3 Å². The molecule has 0 aliphatic carbocycles. The van der Waals surface area contributed by atoms with Gasteiger partial charge in [0.25, 0.3) is 5.91 Å². The van der Waals surface area contributed by atoms with Crippen LogP contribution in [0.5, 0.6) is 0 Å².